The lowest BCUT2D eigenvalue weighted by Gasteiger charge is -2.04. The van der Waals surface area contributed by atoms with Gasteiger partial charge in [0.25, 0.3) is 0 Å². The minimum absolute atomic E-state index is 0.254. The second kappa shape index (κ2) is 6.89. The lowest BCUT2D eigenvalue weighted by molar-refractivity contribution is -0.137. The Bertz CT molecular complexity index is 536. The summed E-state index contributed by atoms with van der Waals surface area (Å²) in [6.45, 7) is 1.74. The van der Waals surface area contributed by atoms with Crippen molar-refractivity contribution >= 4 is 17.1 Å². The summed E-state index contributed by atoms with van der Waals surface area (Å²) < 4.78 is 5.25. The molecule has 0 saturated carbocycles. The molecule has 0 amide bonds. The molecule has 0 fully saturated rings. The lowest BCUT2D eigenvalue weighted by Crippen LogP contribution is -2.18. The van der Waals surface area contributed by atoms with E-state index in [2.05, 4.69) is 16.4 Å². The summed E-state index contributed by atoms with van der Waals surface area (Å²) in [5.74, 6) is -0.722. The van der Waals surface area contributed by atoms with Crippen LogP contribution in [0.2, 0.25) is 0 Å². The van der Waals surface area contributed by atoms with Crippen molar-refractivity contribution in [3.05, 3.63) is 30.2 Å². The van der Waals surface area contributed by atoms with Crippen molar-refractivity contribution in [2.45, 2.75) is 25.7 Å². The molecule has 0 spiro atoms. The Hall–Kier alpha value is -1.88. The van der Waals surface area contributed by atoms with E-state index in [0.29, 0.717) is 0 Å². The van der Waals surface area contributed by atoms with Gasteiger partial charge in [-0.1, -0.05) is 6.07 Å². The van der Waals surface area contributed by atoms with Crippen LogP contribution in [0.1, 0.15) is 24.8 Å². The maximum atomic E-state index is 10.3. The summed E-state index contributed by atoms with van der Waals surface area (Å²) in [6, 6.07) is 6.02. The maximum Gasteiger partial charge on any atom is 0.303 e. The predicted octanol–water partition coefficient (Wildman–Crippen LogP) is 2.21. The van der Waals surface area contributed by atoms with Gasteiger partial charge < -0.3 is 14.8 Å². The first-order valence-electron chi connectivity index (χ1n) is 6.50. The van der Waals surface area contributed by atoms with E-state index in [1.54, 1.807) is 0 Å². The van der Waals surface area contributed by atoms with Crippen LogP contribution in [0.4, 0.5) is 0 Å². The number of carboxylic acids is 1. The second-order valence-corrected chi connectivity index (χ2v) is 4.51. The van der Waals surface area contributed by atoms with Crippen molar-refractivity contribution in [2.75, 3.05) is 13.1 Å². The molecule has 2 N–H and O–H groups in total. The van der Waals surface area contributed by atoms with Gasteiger partial charge in [-0.3, -0.25) is 4.79 Å². The van der Waals surface area contributed by atoms with Crippen molar-refractivity contribution < 1.29 is 14.3 Å². The van der Waals surface area contributed by atoms with E-state index in [4.69, 9.17) is 9.52 Å². The average Bonchev–Trinajstić information content (AvgIpc) is 2.84. The molecule has 19 heavy (non-hydrogen) atoms. The molecule has 0 aliphatic heterocycles. The molecule has 5 nitrogen and oxygen atoms in total. The molecule has 1 aromatic heterocycles. The Morgan fingerprint density at radius 3 is 3.05 bits per heavy atom. The molecular formula is C14H18N2O3. The second-order valence-electron chi connectivity index (χ2n) is 4.51. The molecule has 1 heterocycles. The van der Waals surface area contributed by atoms with Crippen LogP contribution in [0.15, 0.2) is 29.0 Å². The van der Waals surface area contributed by atoms with Gasteiger partial charge in [-0.2, -0.15) is 0 Å². The summed E-state index contributed by atoms with van der Waals surface area (Å²) in [6.07, 6.45) is 4.26. The lowest BCUT2D eigenvalue weighted by atomic mass is 10.1. The van der Waals surface area contributed by atoms with Gasteiger partial charge in [0.05, 0.1) is 0 Å². The van der Waals surface area contributed by atoms with Crippen molar-refractivity contribution in [3.8, 4) is 0 Å². The zero-order valence-corrected chi connectivity index (χ0v) is 10.8. The number of rotatable bonds is 8. The third kappa shape index (κ3) is 4.37. The first kappa shape index (κ1) is 13.5. The molecule has 5 heteroatoms. The van der Waals surface area contributed by atoms with E-state index >= 15 is 0 Å². The molecule has 0 saturated heterocycles. The monoisotopic (exact) mass is 262 g/mol. The van der Waals surface area contributed by atoms with E-state index in [1.165, 1.54) is 12.0 Å². The van der Waals surface area contributed by atoms with Crippen LogP contribution in [-0.4, -0.2) is 29.1 Å². The smallest absolute Gasteiger partial charge is 0.303 e. The fourth-order valence-corrected chi connectivity index (χ4v) is 1.94. The third-order valence-corrected chi connectivity index (χ3v) is 2.98. The van der Waals surface area contributed by atoms with Crippen molar-refractivity contribution in [3.63, 3.8) is 0 Å². The highest BCUT2D eigenvalue weighted by Gasteiger charge is 2.00. The summed E-state index contributed by atoms with van der Waals surface area (Å²) >= 11 is 0. The van der Waals surface area contributed by atoms with Crippen LogP contribution < -0.4 is 5.32 Å². The summed E-state index contributed by atoms with van der Waals surface area (Å²) in [4.78, 5) is 14.4. The van der Waals surface area contributed by atoms with Gasteiger partial charge in [-0.05, 0) is 50.0 Å². The van der Waals surface area contributed by atoms with Crippen LogP contribution in [0.5, 0.6) is 0 Å². The summed E-state index contributed by atoms with van der Waals surface area (Å²) in [7, 11) is 0. The Labute approximate surface area is 111 Å². The Kier molecular flexibility index (Phi) is 4.92. The number of hydrogen-bond acceptors (Lipinski definition) is 4. The quantitative estimate of drug-likeness (QED) is 0.713. The first-order chi connectivity index (χ1) is 9.25. The number of carboxylic acid groups (broad SMARTS) is 1. The third-order valence-electron chi connectivity index (χ3n) is 2.98. The fraction of sp³-hybridized carbons (Fsp3) is 0.429. The Morgan fingerprint density at radius 1 is 1.32 bits per heavy atom. The number of aliphatic carboxylic acids is 1. The van der Waals surface area contributed by atoms with Crippen LogP contribution in [0, 0.1) is 0 Å². The van der Waals surface area contributed by atoms with E-state index in [9.17, 15) is 4.79 Å². The predicted molar refractivity (Wildman–Crippen MR) is 72.1 cm³/mol. The van der Waals surface area contributed by atoms with Gasteiger partial charge >= 0.3 is 5.97 Å². The molecule has 1 aromatic carbocycles. The van der Waals surface area contributed by atoms with Crippen LogP contribution >= 0.6 is 0 Å². The standard InChI is InChI=1S/C14H18N2O3/c17-14(18)3-1-2-7-15-8-6-11-4-5-12-13(9-11)19-10-16-12/h4-5,9-10,15H,1-3,6-8H2,(H,17,18). The first-order valence-corrected chi connectivity index (χ1v) is 6.50. The maximum absolute atomic E-state index is 10.3. The van der Waals surface area contributed by atoms with Gasteiger partial charge in [-0.25, -0.2) is 4.98 Å². The molecule has 0 aliphatic rings. The van der Waals surface area contributed by atoms with Gasteiger partial charge in [-0.15, -0.1) is 0 Å². The minimum atomic E-state index is -0.722. The number of nitrogens with zero attached hydrogens (tertiary/aromatic N) is 1. The molecule has 2 aromatic rings. The highest BCUT2D eigenvalue weighted by atomic mass is 16.4. The molecule has 0 radical (unpaired) electrons. The molecular weight excluding hydrogens is 244 g/mol. The van der Waals surface area contributed by atoms with Gasteiger partial charge in [0.2, 0.25) is 0 Å². The fourth-order valence-electron chi connectivity index (χ4n) is 1.94. The van der Waals surface area contributed by atoms with Gasteiger partial charge in [0, 0.05) is 6.42 Å². The van der Waals surface area contributed by atoms with Crippen molar-refractivity contribution in [1.82, 2.24) is 10.3 Å². The SMILES string of the molecule is O=C(O)CCCCNCCc1ccc2ncoc2c1. The zero-order chi connectivity index (χ0) is 13.5. The molecule has 0 atom stereocenters. The Morgan fingerprint density at radius 2 is 2.21 bits per heavy atom. The number of nitrogens with one attached hydrogen (secondary N) is 1. The molecule has 102 valence electrons. The van der Waals surface area contributed by atoms with Gasteiger partial charge in [0.15, 0.2) is 12.0 Å². The number of carbonyl (C=O) groups is 1. The number of hydrogen-bond donors (Lipinski definition) is 2. The minimum Gasteiger partial charge on any atom is -0.481 e. The topological polar surface area (TPSA) is 75.4 Å². The summed E-state index contributed by atoms with van der Waals surface area (Å²) in [5.41, 5.74) is 2.91. The van der Waals surface area contributed by atoms with E-state index in [1.807, 2.05) is 12.1 Å². The number of aromatic nitrogens is 1. The normalized spacial score (nSPS) is 10.9. The van der Waals surface area contributed by atoms with Crippen LogP contribution in [0.3, 0.4) is 0 Å². The zero-order valence-electron chi connectivity index (χ0n) is 10.8. The van der Waals surface area contributed by atoms with E-state index < -0.39 is 5.97 Å². The number of unbranched alkanes of at least 4 members (excludes halogenated alkanes) is 1. The Balaban J connectivity index is 1.64. The average molecular weight is 262 g/mol. The molecule has 2 rings (SSSR count). The van der Waals surface area contributed by atoms with Crippen molar-refractivity contribution in [1.29, 1.82) is 0 Å². The molecule has 0 bridgehead atoms. The van der Waals surface area contributed by atoms with E-state index in [-0.39, 0.29) is 6.42 Å². The highest BCUT2D eigenvalue weighted by Crippen LogP contribution is 2.14. The highest BCUT2D eigenvalue weighted by molar-refractivity contribution is 5.72. The van der Waals surface area contributed by atoms with Gasteiger partial charge in [0.1, 0.15) is 5.52 Å². The van der Waals surface area contributed by atoms with Crippen LogP contribution in [0.25, 0.3) is 11.1 Å². The van der Waals surface area contributed by atoms with Crippen molar-refractivity contribution in [2.24, 2.45) is 0 Å². The number of fused-ring (bicyclic) bond motifs is 1. The summed E-state index contributed by atoms with van der Waals surface area (Å²) in [5, 5.41) is 11.8. The van der Waals surface area contributed by atoms with Crippen LogP contribution in [-0.2, 0) is 11.2 Å². The van der Waals surface area contributed by atoms with E-state index in [0.717, 1.165) is 43.5 Å². The number of benzene rings is 1. The largest absolute Gasteiger partial charge is 0.481 e. The molecule has 0 unspecified atom stereocenters. The molecule has 0 aliphatic carbocycles. The number of oxazole rings is 1.